The molecule has 2 unspecified atom stereocenters. The van der Waals surface area contributed by atoms with Gasteiger partial charge in [0.2, 0.25) is 0 Å². The summed E-state index contributed by atoms with van der Waals surface area (Å²) in [5.41, 5.74) is 0. The highest BCUT2D eigenvalue weighted by molar-refractivity contribution is 5.79. The molecule has 0 heterocycles. The molecule has 0 spiro atoms. The van der Waals surface area contributed by atoms with E-state index < -0.39 is 5.97 Å². The second-order valence-electron chi connectivity index (χ2n) is 3.80. The van der Waals surface area contributed by atoms with E-state index in [0.717, 1.165) is 6.42 Å². The van der Waals surface area contributed by atoms with Crippen LogP contribution in [0.1, 0.15) is 40.0 Å². The van der Waals surface area contributed by atoms with Crippen molar-refractivity contribution in [2.75, 3.05) is 0 Å². The lowest BCUT2D eigenvalue weighted by Crippen LogP contribution is -2.01. The molecule has 0 saturated heterocycles. The fraction of sp³-hybridized carbons (Fsp3) is 0.727. The number of allylic oxidation sites excluding steroid dienone is 1. The van der Waals surface area contributed by atoms with Gasteiger partial charge in [-0.2, -0.15) is 0 Å². The number of aliphatic carboxylic acids is 1. The highest BCUT2D eigenvalue weighted by atomic mass is 16.4. The predicted molar refractivity (Wildman–Crippen MR) is 54.6 cm³/mol. The number of carboxylic acids is 1. The number of hydrogen-bond donors (Lipinski definition) is 1. The summed E-state index contributed by atoms with van der Waals surface area (Å²) in [6.45, 7) is 6.45. The molecule has 0 fully saturated rings. The van der Waals surface area contributed by atoms with Crippen LogP contribution >= 0.6 is 0 Å². The fourth-order valence-electron chi connectivity index (χ4n) is 1.57. The lowest BCUT2D eigenvalue weighted by molar-refractivity contribution is -0.131. The molecule has 0 rings (SSSR count). The largest absolute Gasteiger partial charge is 0.478 e. The van der Waals surface area contributed by atoms with Crippen LogP contribution in [-0.4, -0.2) is 11.1 Å². The van der Waals surface area contributed by atoms with E-state index in [1.807, 2.05) is 0 Å². The van der Waals surface area contributed by atoms with Crippen LogP contribution in [0, 0.1) is 11.8 Å². The Hall–Kier alpha value is -0.790. The zero-order chi connectivity index (χ0) is 10.3. The quantitative estimate of drug-likeness (QED) is 0.644. The second kappa shape index (κ2) is 6.70. The molecule has 0 aromatic rings. The molecular weight excluding hydrogens is 164 g/mol. The average Bonchev–Trinajstić information content (AvgIpc) is 2.01. The minimum atomic E-state index is -0.852. The first kappa shape index (κ1) is 12.2. The molecule has 0 aliphatic carbocycles. The van der Waals surface area contributed by atoms with E-state index in [1.165, 1.54) is 18.9 Å². The van der Waals surface area contributed by atoms with Gasteiger partial charge in [-0.05, 0) is 18.3 Å². The smallest absolute Gasteiger partial charge is 0.327 e. The zero-order valence-corrected chi connectivity index (χ0v) is 8.79. The van der Waals surface area contributed by atoms with Crippen molar-refractivity contribution >= 4 is 5.97 Å². The highest BCUT2D eigenvalue weighted by Gasteiger charge is 2.05. The van der Waals surface area contributed by atoms with Crippen molar-refractivity contribution in [2.45, 2.75) is 40.0 Å². The SMILES string of the molecule is CCCC(C)CC(C)C=CC(=O)O. The monoisotopic (exact) mass is 184 g/mol. The van der Waals surface area contributed by atoms with Crippen LogP contribution in [-0.2, 0) is 4.79 Å². The minimum absolute atomic E-state index is 0.373. The summed E-state index contributed by atoms with van der Waals surface area (Å²) in [5.74, 6) is 0.214. The third-order valence-corrected chi connectivity index (χ3v) is 2.12. The first-order valence-electron chi connectivity index (χ1n) is 4.97. The Morgan fingerprint density at radius 1 is 1.46 bits per heavy atom. The molecule has 13 heavy (non-hydrogen) atoms. The Morgan fingerprint density at radius 3 is 2.54 bits per heavy atom. The van der Waals surface area contributed by atoms with E-state index >= 15 is 0 Å². The van der Waals surface area contributed by atoms with Crippen LogP contribution in [0.5, 0.6) is 0 Å². The highest BCUT2D eigenvalue weighted by Crippen LogP contribution is 2.17. The molecule has 2 atom stereocenters. The van der Waals surface area contributed by atoms with Crippen LogP contribution in [0.25, 0.3) is 0 Å². The fourth-order valence-corrected chi connectivity index (χ4v) is 1.57. The molecule has 0 aliphatic rings. The second-order valence-corrected chi connectivity index (χ2v) is 3.80. The van der Waals surface area contributed by atoms with E-state index in [4.69, 9.17) is 5.11 Å². The number of hydrogen-bond acceptors (Lipinski definition) is 1. The molecule has 2 heteroatoms. The Labute approximate surface area is 80.7 Å². The van der Waals surface area contributed by atoms with Crippen molar-refractivity contribution in [1.82, 2.24) is 0 Å². The summed E-state index contributed by atoms with van der Waals surface area (Å²) >= 11 is 0. The molecule has 76 valence electrons. The summed E-state index contributed by atoms with van der Waals surface area (Å²) in [4.78, 5) is 10.2. The predicted octanol–water partition coefficient (Wildman–Crippen LogP) is 3.09. The zero-order valence-electron chi connectivity index (χ0n) is 8.79. The third kappa shape index (κ3) is 7.57. The lowest BCUT2D eigenvalue weighted by Gasteiger charge is -2.12. The van der Waals surface area contributed by atoms with Gasteiger partial charge in [0.15, 0.2) is 0 Å². The van der Waals surface area contributed by atoms with Gasteiger partial charge >= 0.3 is 5.97 Å². The molecule has 0 amide bonds. The van der Waals surface area contributed by atoms with E-state index in [2.05, 4.69) is 20.8 Å². The Balaban J connectivity index is 3.72. The van der Waals surface area contributed by atoms with Crippen LogP contribution in [0.4, 0.5) is 0 Å². The van der Waals surface area contributed by atoms with Crippen LogP contribution < -0.4 is 0 Å². The van der Waals surface area contributed by atoms with Crippen molar-refractivity contribution in [1.29, 1.82) is 0 Å². The molecule has 0 saturated carbocycles. The third-order valence-electron chi connectivity index (χ3n) is 2.12. The van der Waals surface area contributed by atoms with Crippen molar-refractivity contribution in [3.8, 4) is 0 Å². The van der Waals surface area contributed by atoms with Gasteiger partial charge in [0.1, 0.15) is 0 Å². The summed E-state index contributed by atoms with van der Waals surface area (Å²) in [5, 5.41) is 8.41. The summed E-state index contributed by atoms with van der Waals surface area (Å²) in [6, 6.07) is 0. The summed E-state index contributed by atoms with van der Waals surface area (Å²) in [7, 11) is 0. The van der Waals surface area contributed by atoms with Crippen molar-refractivity contribution in [3.63, 3.8) is 0 Å². The van der Waals surface area contributed by atoms with Gasteiger partial charge in [0.25, 0.3) is 0 Å². The average molecular weight is 184 g/mol. The van der Waals surface area contributed by atoms with Crippen molar-refractivity contribution in [3.05, 3.63) is 12.2 Å². The van der Waals surface area contributed by atoms with Gasteiger partial charge in [-0.25, -0.2) is 4.79 Å². The topological polar surface area (TPSA) is 37.3 Å². The van der Waals surface area contributed by atoms with E-state index in [0.29, 0.717) is 11.8 Å². The van der Waals surface area contributed by atoms with Gasteiger partial charge in [0.05, 0.1) is 0 Å². The van der Waals surface area contributed by atoms with Crippen molar-refractivity contribution < 1.29 is 9.90 Å². The Morgan fingerprint density at radius 2 is 2.08 bits per heavy atom. The van der Waals surface area contributed by atoms with E-state index in [-0.39, 0.29) is 0 Å². The molecule has 0 aromatic carbocycles. The van der Waals surface area contributed by atoms with Gasteiger partial charge < -0.3 is 5.11 Å². The summed E-state index contributed by atoms with van der Waals surface area (Å²) in [6.07, 6.45) is 6.53. The molecule has 0 aliphatic heterocycles. The molecule has 0 radical (unpaired) electrons. The Bertz CT molecular complexity index is 173. The maximum atomic E-state index is 10.2. The van der Waals surface area contributed by atoms with Crippen LogP contribution in [0.15, 0.2) is 12.2 Å². The molecular formula is C11H20O2. The molecule has 2 nitrogen and oxygen atoms in total. The van der Waals surface area contributed by atoms with Gasteiger partial charge in [-0.1, -0.05) is 39.7 Å². The van der Waals surface area contributed by atoms with Crippen molar-refractivity contribution in [2.24, 2.45) is 11.8 Å². The summed E-state index contributed by atoms with van der Waals surface area (Å²) < 4.78 is 0. The van der Waals surface area contributed by atoms with Crippen LogP contribution in [0.3, 0.4) is 0 Å². The molecule has 0 aromatic heterocycles. The first-order chi connectivity index (χ1) is 6.06. The Kier molecular flexibility index (Phi) is 6.29. The minimum Gasteiger partial charge on any atom is -0.478 e. The standard InChI is InChI=1S/C11H20O2/c1-4-5-9(2)8-10(3)6-7-11(12)13/h6-7,9-10H,4-5,8H2,1-3H3,(H,12,13). The van der Waals surface area contributed by atoms with Gasteiger partial charge in [-0.15, -0.1) is 0 Å². The van der Waals surface area contributed by atoms with E-state index in [9.17, 15) is 4.79 Å². The lowest BCUT2D eigenvalue weighted by atomic mass is 9.93. The number of carboxylic acid groups (broad SMARTS) is 1. The maximum absolute atomic E-state index is 10.2. The maximum Gasteiger partial charge on any atom is 0.327 e. The van der Waals surface area contributed by atoms with Gasteiger partial charge in [-0.3, -0.25) is 0 Å². The molecule has 1 N–H and O–H groups in total. The number of rotatable bonds is 6. The van der Waals surface area contributed by atoms with E-state index in [1.54, 1.807) is 6.08 Å². The molecule has 0 bridgehead atoms. The normalized spacial score (nSPS) is 15.9. The van der Waals surface area contributed by atoms with Gasteiger partial charge in [0, 0.05) is 6.08 Å². The first-order valence-corrected chi connectivity index (χ1v) is 4.97. The number of carbonyl (C=O) groups is 1. The van der Waals surface area contributed by atoms with Crippen LogP contribution in [0.2, 0.25) is 0 Å².